The molecule has 0 amide bonds. The molecular formula is C17H46LiN3Si3. The molecule has 0 radical (unpaired) electrons. The van der Waals surface area contributed by atoms with Crippen LogP contribution >= 0.6 is 0 Å². The number of rotatable bonds is 7. The van der Waals surface area contributed by atoms with Crippen LogP contribution in [0.2, 0.25) is 52.4 Å². The van der Waals surface area contributed by atoms with E-state index in [9.17, 15) is 0 Å². The molecule has 0 aliphatic heterocycles. The fourth-order valence-corrected chi connectivity index (χ4v) is 29.1. The van der Waals surface area contributed by atoms with Crippen LogP contribution in [0.5, 0.6) is 0 Å². The normalized spacial score (nSPS) is 13.2. The van der Waals surface area contributed by atoms with Crippen LogP contribution in [0.15, 0.2) is 0 Å². The second-order valence-electron chi connectivity index (χ2n) is 9.93. The Morgan fingerprint density at radius 3 is 0.917 bits per heavy atom. The van der Waals surface area contributed by atoms with Crippen molar-refractivity contribution < 1.29 is 18.9 Å². The van der Waals surface area contributed by atoms with E-state index in [2.05, 4.69) is 109 Å². The molecule has 0 spiro atoms. The maximum atomic E-state index is 2.53. The van der Waals surface area contributed by atoms with E-state index in [0.29, 0.717) is 0 Å². The topological polar surface area (TPSA) is 9.72 Å². The molecule has 0 saturated heterocycles. The SMILES string of the molecule is CN(C)CCN(C)C.CN(C)[Si](C)(C)[C-]([Si](C)(C)C)[Si](C)(C)C.[Li+]. The molecule has 0 unspecified atom stereocenters. The third kappa shape index (κ3) is 12.5. The summed E-state index contributed by atoms with van der Waals surface area (Å²) in [6.07, 6.45) is 0. The van der Waals surface area contributed by atoms with Gasteiger partial charge in [-0.1, -0.05) is 52.4 Å². The molecule has 142 valence electrons. The van der Waals surface area contributed by atoms with Crippen LogP contribution in [0, 0.1) is 4.79 Å². The predicted octanol–water partition coefficient (Wildman–Crippen LogP) is 0.735. The Hall–Kier alpha value is 1.13. The Balaban J connectivity index is -0.000000419. The molecule has 0 N–H and O–H groups in total. The molecule has 0 aromatic carbocycles. The third-order valence-electron chi connectivity index (χ3n) is 4.22. The van der Waals surface area contributed by atoms with E-state index in [1.807, 2.05) is 4.79 Å². The quantitative estimate of drug-likeness (QED) is 0.474. The van der Waals surface area contributed by atoms with Gasteiger partial charge in [-0.3, -0.25) is 4.79 Å². The van der Waals surface area contributed by atoms with Crippen molar-refractivity contribution in [3.63, 3.8) is 0 Å². The minimum atomic E-state index is -1.31. The van der Waals surface area contributed by atoms with Gasteiger partial charge < -0.3 is 14.4 Å². The fraction of sp³-hybridized carbons (Fsp3) is 0.941. The predicted molar refractivity (Wildman–Crippen MR) is 118 cm³/mol. The average Bonchev–Trinajstić information content (AvgIpc) is 2.21. The third-order valence-corrected chi connectivity index (χ3v) is 23.4. The molecular weight excluding hydrogens is 337 g/mol. The molecule has 0 rings (SSSR count). The van der Waals surface area contributed by atoms with Gasteiger partial charge in [0.05, 0.1) is 0 Å². The maximum Gasteiger partial charge on any atom is 1.00 e. The van der Waals surface area contributed by atoms with Gasteiger partial charge in [-0.2, -0.15) is 0 Å². The van der Waals surface area contributed by atoms with Crippen LogP contribution in [-0.4, -0.2) is 94.1 Å². The Bertz CT molecular complexity index is 300. The molecule has 0 bridgehead atoms. The van der Waals surface area contributed by atoms with E-state index in [4.69, 9.17) is 0 Å². The molecule has 0 aromatic heterocycles. The van der Waals surface area contributed by atoms with E-state index in [1.54, 1.807) is 0 Å². The standard InChI is InChI=1S/C11H30NSi3.C6H16N2.Li/c1-12(2)15(9,10)11(13(3,4)5)14(6,7)8;1-7(2)5-6-8(3)4;/h1-10H3;5-6H2,1-4H3;/q-1;;+1. The van der Waals surface area contributed by atoms with Crippen LogP contribution in [-0.2, 0) is 0 Å². The summed E-state index contributed by atoms with van der Waals surface area (Å²) >= 11 is 0. The number of hydrogen-bond donors (Lipinski definition) is 0. The van der Waals surface area contributed by atoms with E-state index < -0.39 is 24.4 Å². The molecule has 0 fully saturated rings. The Kier molecular flexibility index (Phi) is 14.6. The van der Waals surface area contributed by atoms with Gasteiger partial charge >= 0.3 is 18.9 Å². The Labute approximate surface area is 169 Å². The Morgan fingerprint density at radius 2 is 0.833 bits per heavy atom. The molecule has 24 heavy (non-hydrogen) atoms. The van der Waals surface area contributed by atoms with Gasteiger partial charge in [0.1, 0.15) is 0 Å². The van der Waals surface area contributed by atoms with Gasteiger partial charge in [0, 0.05) is 13.1 Å². The van der Waals surface area contributed by atoms with E-state index in [0.717, 1.165) is 13.1 Å². The zero-order valence-electron chi connectivity index (χ0n) is 19.8. The van der Waals surface area contributed by atoms with Crippen LogP contribution in [0.25, 0.3) is 0 Å². The van der Waals surface area contributed by atoms with Gasteiger partial charge in [0.25, 0.3) is 0 Å². The van der Waals surface area contributed by atoms with Crippen molar-refractivity contribution in [1.29, 1.82) is 0 Å². The van der Waals surface area contributed by atoms with Crippen LogP contribution in [0.1, 0.15) is 0 Å². The van der Waals surface area contributed by atoms with Crippen molar-refractivity contribution in [3.8, 4) is 0 Å². The largest absolute Gasteiger partial charge is 1.00 e. The monoisotopic (exact) mass is 383 g/mol. The maximum absolute atomic E-state index is 2.53. The number of nitrogens with zero attached hydrogens (tertiary/aromatic N) is 3. The molecule has 3 nitrogen and oxygen atoms in total. The molecule has 0 heterocycles. The van der Waals surface area contributed by atoms with E-state index >= 15 is 0 Å². The molecule has 0 saturated carbocycles. The summed E-state index contributed by atoms with van der Waals surface area (Å²) in [5.41, 5.74) is 0. The molecule has 0 aliphatic rings. The average molecular weight is 384 g/mol. The zero-order valence-corrected chi connectivity index (χ0v) is 22.8. The zero-order chi connectivity index (χ0) is 19.2. The van der Waals surface area contributed by atoms with Crippen molar-refractivity contribution in [2.75, 3.05) is 55.4 Å². The van der Waals surface area contributed by atoms with Crippen molar-refractivity contribution in [1.82, 2.24) is 14.4 Å². The second kappa shape index (κ2) is 11.8. The second-order valence-corrected chi connectivity index (χ2v) is 25.9. The van der Waals surface area contributed by atoms with Crippen molar-refractivity contribution in [2.45, 2.75) is 52.4 Å². The Morgan fingerprint density at radius 1 is 0.583 bits per heavy atom. The first-order valence-electron chi connectivity index (χ1n) is 8.79. The first kappa shape index (κ1) is 29.9. The molecule has 0 atom stereocenters. The number of hydrogen-bond acceptors (Lipinski definition) is 3. The first-order chi connectivity index (χ1) is 9.94. The van der Waals surface area contributed by atoms with Gasteiger partial charge in [-0.05, 0) is 50.5 Å². The van der Waals surface area contributed by atoms with Gasteiger partial charge in [-0.15, -0.1) is 16.1 Å². The summed E-state index contributed by atoms with van der Waals surface area (Å²) in [5.74, 6) is 0. The van der Waals surface area contributed by atoms with Gasteiger partial charge in [0.2, 0.25) is 0 Å². The summed E-state index contributed by atoms with van der Waals surface area (Å²) in [5, 5.41) is 0. The van der Waals surface area contributed by atoms with E-state index in [1.165, 1.54) is 0 Å². The number of likely N-dealkylation sites (N-methyl/N-ethyl adjacent to an activating group) is 2. The first-order valence-corrected chi connectivity index (χ1v) is 18.7. The minimum Gasteiger partial charge on any atom is -0.357 e. The van der Waals surface area contributed by atoms with Crippen LogP contribution in [0.3, 0.4) is 0 Å². The summed E-state index contributed by atoms with van der Waals surface area (Å²) < 4.78 is 2.53. The van der Waals surface area contributed by atoms with Gasteiger partial charge in [-0.25, -0.2) is 0 Å². The van der Waals surface area contributed by atoms with Crippen molar-refractivity contribution in [2.24, 2.45) is 0 Å². The smallest absolute Gasteiger partial charge is 0.357 e. The minimum absolute atomic E-state index is 0. The summed E-state index contributed by atoms with van der Waals surface area (Å²) in [6.45, 7) is 22.5. The summed E-state index contributed by atoms with van der Waals surface area (Å²) in [6, 6.07) is 0. The van der Waals surface area contributed by atoms with Crippen LogP contribution in [0.4, 0.5) is 0 Å². The molecule has 0 aliphatic carbocycles. The summed E-state index contributed by atoms with van der Waals surface area (Å²) in [4.78, 5) is 6.38. The van der Waals surface area contributed by atoms with Gasteiger partial charge in [0.15, 0.2) is 0 Å². The molecule has 0 aromatic rings. The van der Waals surface area contributed by atoms with E-state index in [-0.39, 0.29) is 18.9 Å². The summed E-state index contributed by atoms with van der Waals surface area (Å²) in [7, 11) is 9.34. The molecule has 7 heteroatoms. The fourth-order valence-electron chi connectivity index (χ4n) is 3.58. The van der Waals surface area contributed by atoms with Crippen LogP contribution < -0.4 is 18.9 Å². The van der Waals surface area contributed by atoms with Crippen molar-refractivity contribution >= 4 is 24.4 Å². The van der Waals surface area contributed by atoms with Crippen molar-refractivity contribution in [3.05, 3.63) is 4.79 Å².